The molecule has 0 fully saturated rings. The molecular formula is C16H12F3N3O. The standard InChI is InChI=1S/C16H12F3N3O/c1-10-14(11-5-7-12(8-6-11)16(17,18)19)15(23)22(21-10)13-4-2-3-9-20-13/h2-9,23H,1H3. The fraction of sp³-hybridized carbons (Fsp3) is 0.125. The van der Waals surface area contributed by atoms with E-state index in [2.05, 4.69) is 10.1 Å². The average Bonchev–Trinajstić information content (AvgIpc) is 2.82. The molecule has 0 atom stereocenters. The zero-order valence-corrected chi connectivity index (χ0v) is 12.0. The highest BCUT2D eigenvalue weighted by atomic mass is 19.4. The van der Waals surface area contributed by atoms with Crippen LogP contribution in [0.1, 0.15) is 11.3 Å². The molecule has 0 unspecified atom stereocenters. The Balaban J connectivity index is 2.06. The summed E-state index contributed by atoms with van der Waals surface area (Å²) < 4.78 is 39.1. The van der Waals surface area contributed by atoms with Crippen molar-refractivity contribution in [3.8, 4) is 22.8 Å². The topological polar surface area (TPSA) is 50.9 Å². The minimum atomic E-state index is -4.40. The van der Waals surface area contributed by atoms with Crippen LogP contribution in [0.4, 0.5) is 13.2 Å². The summed E-state index contributed by atoms with van der Waals surface area (Å²) in [7, 11) is 0. The van der Waals surface area contributed by atoms with E-state index in [1.807, 2.05) is 0 Å². The largest absolute Gasteiger partial charge is 0.493 e. The molecule has 0 bridgehead atoms. The number of halogens is 3. The second kappa shape index (κ2) is 5.42. The van der Waals surface area contributed by atoms with Gasteiger partial charge in [-0.2, -0.15) is 23.0 Å². The van der Waals surface area contributed by atoms with Crippen molar-refractivity contribution >= 4 is 0 Å². The number of aromatic hydroxyl groups is 1. The Hall–Kier alpha value is -2.83. The molecule has 0 saturated carbocycles. The first-order chi connectivity index (χ1) is 10.9. The van der Waals surface area contributed by atoms with E-state index in [0.29, 0.717) is 22.6 Å². The summed E-state index contributed by atoms with van der Waals surface area (Å²) in [5.41, 5.74) is 0.586. The highest BCUT2D eigenvalue weighted by molar-refractivity contribution is 5.72. The Bertz CT molecular complexity index is 824. The lowest BCUT2D eigenvalue weighted by Crippen LogP contribution is -2.04. The van der Waals surface area contributed by atoms with Crippen LogP contribution < -0.4 is 0 Å². The molecule has 2 aromatic heterocycles. The van der Waals surface area contributed by atoms with Crippen molar-refractivity contribution in [2.75, 3.05) is 0 Å². The summed E-state index contributed by atoms with van der Waals surface area (Å²) in [5.74, 6) is 0.257. The van der Waals surface area contributed by atoms with Gasteiger partial charge < -0.3 is 5.11 Å². The maximum Gasteiger partial charge on any atom is 0.416 e. The number of aryl methyl sites for hydroxylation is 1. The number of hydrogen-bond acceptors (Lipinski definition) is 3. The van der Waals surface area contributed by atoms with E-state index in [1.165, 1.54) is 16.8 Å². The van der Waals surface area contributed by atoms with Gasteiger partial charge in [-0.3, -0.25) is 0 Å². The Morgan fingerprint density at radius 1 is 1.04 bits per heavy atom. The summed E-state index contributed by atoms with van der Waals surface area (Å²) in [4.78, 5) is 4.10. The molecule has 3 rings (SSSR count). The molecule has 3 aromatic rings. The van der Waals surface area contributed by atoms with Gasteiger partial charge in [0.15, 0.2) is 5.82 Å². The monoisotopic (exact) mass is 319 g/mol. The number of rotatable bonds is 2. The number of pyridine rings is 1. The van der Waals surface area contributed by atoms with Crippen LogP contribution in [-0.4, -0.2) is 19.9 Å². The quantitative estimate of drug-likeness (QED) is 0.777. The molecule has 0 spiro atoms. The van der Waals surface area contributed by atoms with Gasteiger partial charge in [0.25, 0.3) is 0 Å². The molecule has 1 aromatic carbocycles. The van der Waals surface area contributed by atoms with Crippen molar-refractivity contribution in [3.05, 3.63) is 59.9 Å². The molecule has 0 aliphatic heterocycles. The lowest BCUT2D eigenvalue weighted by Gasteiger charge is -2.07. The van der Waals surface area contributed by atoms with Crippen LogP contribution in [0.2, 0.25) is 0 Å². The van der Waals surface area contributed by atoms with Crippen LogP contribution in [0.15, 0.2) is 48.7 Å². The van der Waals surface area contributed by atoms with Crippen LogP contribution in [0.3, 0.4) is 0 Å². The van der Waals surface area contributed by atoms with E-state index in [-0.39, 0.29) is 5.88 Å². The third-order valence-corrected chi connectivity index (χ3v) is 3.40. The van der Waals surface area contributed by atoms with Crippen molar-refractivity contribution in [2.45, 2.75) is 13.1 Å². The first kappa shape index (κ1) is 15.1. The molecule has 0 radical (unpaired) electrons. The van der Waals surface area contributed by atoms with E-state index in [1.54, 1.807) is 31.3 Å². The van der Waals surface area contributed by atoms with Crippen LogP contribution in [-0.2, 0) is 6.18 Å². The summed E-state index contributed by atoms with van der Waals surface area (Å²) in [6.07, 6.45) is -2.84. The van der Waals surface area contributed by atoms with Gasteiger partial charge in [0.2, 0.25) is 5.88 Å². The van der Waals surface area contributed by atoms with Crippen molar-refractivity contribution in [3.63, 3.8) is 0 Å². The minimum absolute atomic E-state index is 0.166. The second-order valence-electron chi connectivity index (χ2n) is 4.96. The lowest BCUT2D eigenvalue weighted by atomic mass is 10.0. The fourth-order valence-corrected chi connectivity index (χ4v) is 2.32. The predicted octanol–water partition coefficient (Wildman–Crippen LogP) is 3.97. The van der Waals surface area contributed by atoms with E-state index in [0.717, 1.165) is 12.1 Å². The zero-order chi connectivity index (χ0) is 16.6. The number of benzene rings is 1. The fourth-order valence-electron chi connectivity index (χ4n) is 2.32. The third kappa shape index (κ3) is 2.77. The molecule has 0 aliphatic rings. The number of nitrogens with zero attached hydrogens (tertiary/aromatic N) is 3. The Labute approximate surface area is 129 Å². The van der Waals surface area contributed by atoms with Gasteiger partial charge in [-0.1, -0.05) is 18.2 Å². The third-order valence-electron chi connectivity index (χ3n) is 3.40. The van der Waals surface area contributed by atoms with Crippen LogP contribution in [0.25, 0.3) is 16.9 Å². The van der Waals surface area contributed by atoms with Crippen molar-refractivity contribution in [1.82, 2.24) is 14.8 Å². The smallest absolute Gasteiger partial charge is 0.416 e. The van der Waals surface area contributed by atoms with Gasteiger partial charge in [0.1, 0.15) is 0 Å². The van der Waals surface area contributed by atoms with Crippen LogP contribution in [0.5, 0.6) is 5.88 Å². The molecule has 0 aliphatic carbocycles. The van der Waals surface area contributed by atoms with Gasteiger partial charge >= 0.3 is 6.18 Å². The molecule has 7 heteroatoms. The van der Waals surface area contributed by atoms with Gasteiger partial charge in [-0.15, -0.1) is 0 Å². The molecule has 4 nitrogen and oxygen atoms in total. The molecule has 118 valence electrons. The summed E-state index contributed by atoms with van der Waals surface area (Å²) in [5, 5.41) is 14.6. The van der Waals surface area contributed by atoms with Gasteiger partial charge in [0.05, 0.1) is 16.8 Å². The predicted molar refractivity (Wildman–Crippen MR) is 78.2 cm³/mol. The van der Waals surface area contributed by atoms with Gasteiger partial charge in [0, 0.05) is 6.20 Å². The maximum absolute atomic E-state index is 12.6. The molecule has 1 N–H and O–H groups in total. The molecule has 0 amide bonds. The van der Waals surface area contributed by atoms with E-state index >= 15 is 0 Å². The van der Waals surface area contributed by atoms with Crippen LogP contribution in [0, 0.1) is 6.92 Å². The zero-order valence-electron chi connectivity index (χ0n) is 12.0. The Morgan fingerprint density at radius 3 is 2.30 bits per heavy atom. The highest BCUT2D eigenvalue weighted by Crippen LogP contribution is 2.36. The average molecular weight is 319 g/mol. The summed E-state index contributed by atoms with van der Waals surface area (Å²) >= 11 is 0. The first-order valence-corrected chi connectivity index (χ1v) is 6.75. The Morgan fingerprint density at radius 2 is 1.74 bits per heavy atom. The molecule has 0 saturated heterocycles. The highest BCUT2D eigenvalue weighted by Gasteiger charge is 2.30. The minimum Gasteiger partial charge on any atom is -0.493 e. The number of alkyl halides is 3. The van der Waals surface area contributed by atoms with Crippen LogP contribution >= 0.6 is 0 Å². The van der Waals surface area contributed by atoms with Gasteiger partial charge in [-0.25, -0.2) is 4.98 Å². The maximum atomic E-state index is 12.6. The number of hydrogen-bond donors (Lipinski definition) is 1. The second-order valence-corrected chi connectivity index (χ2v) is 4.96. The van der Waals surface area contributed by atoms with E-state index < -0.39 is 11.7 Å². The Kier molecular flexibility index (Phi) is 3.55. The SMILES string of the molecule is Cc1nn(-c2ccccn2)c(O)c1-c1ccc(C(F)(F)F)cc1. The molecular weight excluding hydrogens is 307 g/mol. The summed E-state index contributed by atoms with van der Waals surface area (Å²) in [6, 6.07) is 9.73. The summed E-state index contributed by atoms with van der Waals surface area (Å²) in [6.45, 7) is 1.67. The molecule has 23 heavy (non-hydrogen) atoms. The van der Waals surface area contributed by atoms with E-state index in [9.17, 15) is 18.3 Å². The van der Waals surface area contributed by atoms with Crippen molar-refractivity contribution in [1.29, 1.82) is 0 Å². The first-order valence-electron chi connectivity index (χ1n) is 6.75. The lowest BCUT2D eigenvalue weighted by molar-refractivity contribution is -0.137. The van der Waals surface area contributed by atoms with Crippen molar-refractivity contribution < 1.29 is 18.3 Å². The number of aromatic nitrogens is 3. The molecule has 2 heterocycles. The van der Waals surface area contributed by atoms with Crippen molar-refractivity contribution in [2.24, 2.45) is 0 Å². The van der Waals surface area contributed by atoms with Gasteiger partial charge in [-0.05, 0) is 36.8 Å². The van der Waals surface area contributed by atoms with E-state index in [4.69, 9.17) is 0 Å². The normalized spacial score (nSPS) is 11.7.